The first-order valence-electron chi connectivity index (χ1n) is 7.07. The number of aryl methyl sites for hydroxylation is 1. The van der Waals surface area contributed by atoms with Crippen LogP contribution in [0.2, 0.25) is 0 Å². The van der Waals surface area contributed by atoms with E-state index in [1.54, 1.807) is 11.1 Å². The van der Waals surface area contributed by atoms with E-state index in [1.165, 1.54) is 38.8 Å². The highest BCUT2D eigenvalue weighted by Gasteiger charge is 2.48. The van der Waals surface area contributed by atoms with Gasteiger partial charge in [-0.3, -0.25) is 4.90 Å². The zero-order chi connectivity index (χ0) is 11.9. The number of likely N-dealkylation sites (tertiary alicyclic amines) is 1. The maximum Gasteiger partial charge on any atom is 0.0213 e. The second-order valence-electron chi connectivity index (χ2n) is 5.98. The highest BCUT2D eigenvalue weighted by atomic mass is 15.2. The first-order chi connectivity index (χ1) is 8.25. The number of fused-ring (bicyclic) bond motifs is 2. The SMILES string of the molecule is CCCC(C)N1CC2(CCc3ccccc32)C1. The largest absolute Gasteiger partial charge is 0.299 e. The summed E-state index contributed by atoms with van der Waals surface area (Å²) in [6.07, 6.45) is 5.33. The molecule has 2 aliphatic rings. The van der Waals surface area contributed by atoms with Gasteiger partial charge in [0.2, 0.25) is 0 Å². The smallest absolute Gasteiger partial charge is 0.0213 e. The van der Waals surface area contributed by atoms with Crippen LogP contribution in [0, 0.1) is 0 Å². The van der Waals surface area contributed by atoms with Crippen LogP contribution in [0.25, 0.3) is 0 Å². The molecule has 1 aliphatic carbocycles. The summed E-state index contributed by atoms with van der Waals surface area (Å²) >= 11 is 0. The quantitative estimate of drug-likeness (QED) is 0.768. The predicted octanol–water partition coefficient (Wildman–Crippen LogP) is 3.37. The van der Waals surface area contributed by atoms with Gasteiger partial charge in [-0.1, -0.05) is 37.6 Å². The minimum Gasteiger partial charge on any atom is -0.299 e. The predicted molar refractivity (Wildman–Crippen MR) is 72.4 cm³/mol. The Morgan fingerprint density at radius 1 is 1.29 bits per heavy atom. The van der Waals surface area contributed by atoms with Crippen molar-refractivity contribution in [3.63, 3.8) is 0 Å². The summed E-state index contributed by atoms with van der Waals surface area (Å²) < 4.78 is 0. The molecule has 0 N–H and O–H groups in total. The second kappa shape index (κ2) is 4.13. The third-order valence-corrected chi connectivity index (χ3v) is 4.80. The second-order valence-corrected chi connectivity index (χ2v) is 5.98. The van der Waals surface area contributed by atoms with Crippen molar-refractivity contribution in [3.05, 3.63) is 35.4 Å². The fourth-order valence-electron chi connectivity index (χ4n) is 3.74. The van der Waals surface area contributed by atoms with Gasteiger partial charge in [0.1, 0.15) is 0 Å². The van der Waals surface area contributed by atoms with Gasteiger partial charge >= 0.3 is 0 Å². The van der Waals surface area contributed by atoms with Crippen LogP contribution in [0.15, 0.2) is 24.3 Å². The molecular formula is C16H23N. The molecular weight excluding hydrogens is 206 g/mol. The summed E-state index contributed by atoms with van der Waals surface area (Å²) in [7, 11) is 0. The van der Waals surface area contributed by atoms with Crippen molar-refractivity contribution in [1.82, 2.24) is 4.90 Å². The number of rotatable bonds is 3. The molecule has 1 heterocycles. The standard InChI is InChI=1S/C16H23N/c1-3-6-13(2)17-11-16(12-17)10-9-14-7-4-5-8-15(14)16/h4-5,7-8,13H,3,6,9-12H2,1-2H3. The molecule has 1 nitrogen and oxygen atoms in total. The van der Waals surface area contributed by atoms with Gasteiger partial charge in [-0.25, -0.2) is 0 Å². The molecule has 1 fully saturated rings. The molecule has 3 rings (SSSR count). The van der Waals surface area contributed by atoms with Crippen molar-refractivity contribution in [2.45, 2.75) is 51.0 Å². The molecule has 0 radical (unpaired) electrons. The van der Waals surface area contributed by atoms with Gasteiger partial charge in [0.05, 0.1) is 0 Å². The van der Waals surface area contributed by atoms with Gasteiger partial charge in [-0.15, -0.1) is 0 Å². The molecule has 1 spiro atoms. The molecule has 0 aromatic heterocycles. The lowest BCUT2D eigenvalue weighted by Gasteiger charge is -2.51. The lowest BCUT2D eigenvalue weighted by molar-refractivity contribution is 0.0274. The van der Waals surface area contributed by atoms with Crippen molar-refractivity contribution < 1.29 is 0 Å². The minimum atomic E-state index is 0.526. The molecule has 1 aromatic carbocycles. The van der Waals surface area contributed by atoms with E-state index in [0.29, 0.717) is 5.41 Å². The zero-order valence-corrected chi connectivity index (χ0v) is 11.1. The summed E-state index contributed by atoms with van der Waals surface area (Å²) in [4.78, 5) is 2.67. The first-order valence-corrected chi connectivity index (χ1v) is 7.07. The van der Waals surface area contributed by atoms with Crippen molar-refractivity contribution in [2.75, 3.05) is 13.1 Å². The Labute approximate surface area is 105 Å². The van der Waals surface area contributed by atoms with Crippen molar-refractivity contribution >= 4 is 0 Å². The van der Waals surface area contributed by atoms with E-state index in [-0.39, 0.29) is 0 Å². The maximum absolute atomic E-state index is 2.67. The molecule has 17 heavy (non-hydrogen) atoms. The minimum absolute atomic E-state index is 0.526. The van der Waals surface area contributed by atoms with Gasteiger partial charge in [-0.05, 0) is 37.3 Å². The molecule has 0 saturated carbocycles. The Hall–Kier alpha value is -0.820. The molecule has 1 aliphatic heterocycles. The lowest BCUT2D eigenvalue weighted by atomic mass is 9.74. The van der Waals surface area contributed by atoms with Crippen molar-refractivity contribution in [3.8, 4) is 0 Å². The van der Waals surface area contributed by atoms with E-state index in [0.717, 1.165) is 6.04 Å². The van der Waals surface area contributed by atoms with E-state index in [4.69, 9.17) is 0 Å². The van der Waals surface area contributed by atoms with Crippen LogP contribution in [0.3, 0.4) is 0 Å². The fraction of sp³-hybridized carbons (Fsp3) is 0.625. The monoisotopic (exact) mass is 229 g/mol. The summed E-state index contributed by atoms with van der Waals surface area (Å²) in [5, 5.41) is 0. The Balaban J connectivity index is 1.73. The number of hydrogen-bond donors (Lipinski definition) is 0. The zero-order valence-electron chi connectivity index (χ0n) is 11.1. The fourth-order valence-corrected chi connectivity index (χ4v) is 3.74. The Morgan fingerprint density at radius 2 is 2.06 bits per heavy atom. The van der Waals surface area contributed by atoms with Crippen LogP contribution in [0.1, 0.15) is 44.2 Å². The van der Waals surface area contributed by atoms with E-state index < -0.39 is 0 Å². The molecule has 1 heteroatoms. The van der Waals surface area contributed by atoms with Crippen molar-refractivity contribution in [1.29, 1.82) is 0 Å². The molecule has 1 unspecified atom stereocenters. The van der Waals surface area contributed by atoms with Gasteiger partial charge in [0, 0.05) is 24.5 Å². The van der Waals surface area contributed by atoms with E-state index in [1.807, 2.05) is 0 Å². The summed E-state index contributed by atoms with van der Waals surface area (Å²) in [5.74, 6) is 0. The van der Waals surface area contributed by atoms with Crippen LogP contribution >= 0.6 is 0 Å². The van der Waals surface area contributed by atoms with Crippen LogP contribution in [-0.4, -0.2) is 24.0 Å². The Morgan fingerprint density at radius 3 is 2.82 bits per heavy atom. The molecule has 0 bridgehead atoms. The molecule has 1 aromatic rings. The van der Waals surface area contributed by atoms with E-state index in [9.17, 15) is 0 Å². The Kier molecular flexibility index (Phi) is 2.74. The number of nitrogens with zero attached hydrogens (tertiary/aromatic N) is 1. The molecule has 92 valence electrons. The van der Waals surface area contributed by atoms with Gasteiger partial charge in [0.25, 0.3) is 0 Å². The number of benzene rings is 1. The van der Waals surface area contributed by atoms with E-state index >= 15 is 0 Å². The summed E-state index contributed by atoms with van der Waals surface area (Å²) in [6.45, 7) is 7.27. The molecule has 1 saturated heterocycles. The van der Waals surface area contributed by atoms with Gasteiger partial charge in [-0.2, -0.15) is 0 Å². The van der Waals surface area contributed by atoms with Crippen LogP contribution in [0.5, 0.6) is 0 Å². The van der Waals surface area contributed by atoms with Gasteiger partial charge in [0.15, 0.2) is 0 Å². The molecule has 0 amide bonds. The third kappa shape index (κ3) is 1.72. The van der Waals surface area contributed by atoms with Gasteiger partial charge < -0.3 is 0 Å². The van der Waals surface area contributed by atoms with Crippen molar-refractivity contribution in [2.24, 2.45) is 0 Å². The highest BCUT2D eigenvalue weighted by Crippen LogP contribution is 2.46. The Bertz CT molecular complexity index is 404. The highest BCUT2D eigenvalue weighted by molar-refractivity contribution is 5.42. The average Bonchev–Trinajstić information content (AvgIpc) is 2.67. The summed E-state index contributed by atoms with van der Waals surface area (Å²) in [5.41, 5.74) is 3.79. The number of hydrogen-bond acceptors (Lipinski definition) is 1. The van der Waals surface area contributed by atoms with Crippen LogP contribution < -0.4 is 0 Å². The van der Waals surface area contributed by atoms with Crippen LogP contribution in [-0.2, 0) is 11.8 Å². The maximum atomic E-state index is 2.67. The lowest BCUT2D eigenvalue weighted by Crippen LogP contribution is -2.60. The van der Waals surface area contributed by atoms with E-state index in [2.05, 4.69) is 43.0 Å². The normalized spacial score (nSPS) is 23.4. The topological polar surface area (TPSA) is 3.24 Å². The first kappa shape index (κ1) is 11.3. The summed E-state index contributed by atoms with van der Waals surface area (Å²) in [6, 6.07) is 9.86. The average molecular weight is 229 g/mol. The third-order valence-electron chi connectivity index (χ3n) is 4.80. The molecule has 1 atom stereocenters. The van der Waals surface area contributed by atoms with Crippen LogP contribution in [0.4, 0.5) is 0 Å².